The summed E-state index contributed by atoms with van der Waals surface area (Å²) < 4.78 is 14.4. The maximum absolute atomic E-state index is 13.7. The van der Waals surface area contributed by atoms with Crippen LogP contribution in [-0.2, 0) is 6.54 Å². The van der Waals surface area contributed by atoms with E-state index in [1.54, 1.807) is 6.07 Å². The molecule has 0 spiro atoms. The minimum absolute atomic E-state index is 0.219. The van der Waals surface area contributed by atoms with Gasteiger partial charge < -0.3 is 10.4 Å². The van der Waals surface area contributed by atoms with Gasteiger partial charge in [0.15, 0.2) is 0 Å². The van der Waals surface area contributed by atoms with E-state index in [4.69, 9.17) is 0 Å². The highest BCUT2D eigenvalue weighted by molar-refractivity contribution is 9.10. The Balaban J connectivity index is 1.84. The van der Waals surface area contributed by atoms with Gasteiger partial charge in [0.05, 0.1) is 5.60 Å². The highest BCUT2D eigenvalue weighted by Gasteiger charge is 2.36. The van der Waals surface area contributed by atoms with Crippen LogP contribution in [-0.4, -0.2) is 17.3 Å². The Bertz CT molecular complexity index is 466. The van der Waals surface area contributed by atoms with Crippen LogP contribution < -0.4 is 5.32 Å². The van der Waals surface area contributed by atoms with Gasteiger partial charge in [-0.2, -0.15) is 0 Å². The van der Waals surface area contributed by atoms with E-state index in [9.17, 15) is 9.50 Å². The molecular weight excluding hydrogens is 321 g/mol. The van der Waals surface area contributed by atoms with Gasteiger partial charge in [0, 0.05) is 23.1 Å². The van der Waals surface area contributed by atoms with Gasteiger partial charge in [-0.3, -0.25) is 0 Å². The van der Waals surface area contributed by atoms with Crippen LogP contribution in [0.5, 0.6) is 0 Å². The van der Waals surface area contributed by atoms with Crippen molar-refractivity contribution in [2.24, 2.45) is 5.41 Å². The van der Waals surface area contributed by atoms with Gasteiger partial charge >= 0.3 is 0 Å². The SMILES string of the molecule is CC1(C)CCC(O)(CNCc2ccc(Br)cc2F)CC1. The van der Waals surface area contributed by atoms with Crippen LogP contribution in [0.1, 0.15) is 45.1 Å². The summed E-state index contributed by atoms with van der Waals surface area (Å²) in [6.07, 6.45) is 3.71. The second-order valence-corrected chi connectivity index (χ2v) is 7.64. The van der Waals surface area contributed by atoms with Crippen molar-refractivity contribution in [1.82, 2.24) is 5.32 Å². The molecule has 0 aliphatic heterocycles. The fraction of sp³-hybridized carbons (Fsp3) is 0.625. The standard InChI is InChI=1S/C16H23BrFNO/c1-15(2)5-7-16(20,8-6-15)11-19-10-12-3-4-13(17)9-14(12)18/h3-4,9,19-20H,5-8,10-11H2,1-2H3. The average Bonchev–Trinajstić information content (AvgIpc) is 2.37. The summed E-state index contributed by atoms with van der Waals surface area (Å²) in [6, 6.07) is 5.06. The van der Waals surface area contributed by atoms with Crippen molar-refractivity contribution < 1.29 is 9.50 Å². The monoisotopic (exact) mass is 343 g/mol. The van der Waals surface area contributed by atoms with Crippen LogP contribution in [0.25, 0.3) is 0 Å². The molecule has 20 heavy (non-hydrogen) atoms. The Morgan fingerprint density at radius 2 is 1.90 bits per heavy atom. The first-order chi connectivity index (χ1) is 9.30. The maximum Gasteiger partial charge on any atom is 0.128 e. The largest absolute Gasteiger partial charge is 0.389 e. The summed E-state index contributed by atoms with van der Waals surface area (Å²) in [5, 5.41) is 13.7. The Labute approximate surface area is 128 Å². The maximum atomic E-state index is 13.7. The van der Waals surface area contributed by atoms with Crippen molar-refractivity contribution in [1.29, 1.82) is 0 Å². The third-order valence-electron chi connectivity index (χ3n) is 4.32. The van der Waals surface area contributed by atoms with Crippen molar-refractivity contribution >= 4 is 15.9 Å². The fourth-order valence-corrected chi connectivity index (χ4v) is 3.00. The first-order valence-electron chi connectivity index (χ1n) is 7.17. The molecule has 1 fully saturated rings. The van der Waals surface area contributed by atoms with Crippen molar-refractivity contribution in [3.63, 3.8) is 0 Å². The third kappa shape index (κ3) is 4.27. The highest BCUT2D eigenvalue weighted by Crippen LogP contribution is 2.39. The minimum Gasteiger partial charge on any atom is -0.389 e. The lowest BCUT2D eigenvalue weighted by Crippen LogP contribution is -2.44. The number of benzene rings is 1. The van der Waals surface area contributed by atoms with E-state index in [1.165, 1.54) is 6.07 Å². The molecule has 0 heterocycles. The lowest BCUT2D eigenvalue weighted by Gasteiger charge is -2.40. The smallest absolute Gasteiger partial charge is 0.128 e. The molecule has 1 saturated carbocycles. The average molecular weight is 344 g/mol. The van der Waals surface area contributed by atoms with Crippen molar-refractivity contribution in [2.75, 3.05) is 6.54 Å². The molecule has 0 unspecified atom stereocenters. The molecule has 1 aromatic carbocycles. The van der Waals surface area contributed by atoms with Crippen LogP contribution in [0.3, 0.4) is 0 Å². The zero-order valence-electron chi connectivity index (χ0n) is 12.2. The third-order valence-corrected chi connectivity index (χ3v) is 4.81. The summed E-state index contributed by atoms with van der Waals surface area (Å²) in [5.41, 5.74) is 0.332. The van der Waals surface area contributed by atoms with E-state index in [0.29, 0.717) is 24.1 Å². The number of halogens is 2. The molecule has 1 aliphatic carbocycles. The molecule has 2 rings (SSSR count). The molecule has 0 atom stereocenters. The zero-order valence-corrected chi connectivity index (χ0v) is 13.8. The Morgan fingerprint density at radius 1 is 1.25 bits per heavy atom. The topological polar surface area (TPSA) is 32.3 Å². The summed E-state index contributed by atoms with van der Waals surface area (Å²) >= 11 is 3.25. The molecule has 2 N–H and O–H groups in total. The zero-order chi connectivity index (χ0) is 14.8. The van der Waals surface area contributed by atoms with Crippen LogP contribution in [0.4, 0.5) is 4.39 Å². The van der Waals surface area contributed by atoms with Crippen molar-refractivity contribution in [3.8, 4) is 0 Å². The Morgan fingerprint density at radius 3 is 2.50 bits per heavy atom. The highest BCUT2D eigenvalue weighted by atomic mass is 79.9. The molecule has 4 heteroatoms. The van der Waals surface area contributed by atoms with Gasteiger partial charge in [-0.1, -0.05) is 35.8 Å². The van der Waals surface area contributed by atoms with E-state index in [1.807, 2.05) is 6.07 Å². The van der Waals surface area contributed by atoms with Gasteiger partial charge in [0.1, 0.15) is 5.82 Å². The van der Waals surface area contributed by atoms with E-state index in [2.05, 4.69) is 35.1 Å². The number of nitrogens with one attached hydrogen (secondary N) is 1. The molecule has 0 amide bonds. The van der Waals surface area contributed by atoms with E-state index < -0.39 is 5.60 Å². The van der Waals surface area contributed by atoms with Crippen molar-refractivity contribution in [3.05, 3.63) is 34.1 Å². The molecule has 0 saturated heterocycles. The van der Waals surface area contributed by atoms with E-state index in [0.717, 1.165) is 30.2 Å². The molecule has 0 radical (unpaired) electrons. The van der Waals surface area contributed by atoms with Crippen LogP contribution in [0.2, 0.25) is 0 Å². The first-order valence-corrected chi connectivity index (χ1v) is 7.96. The lowest BCUT2D eigenvalue weighted by molar-refractivity contribution is -0.0245. The van der Waals surface area contributed by atoms with E-state index >= 15 is 0 Å². The van der Waals surface area contributed by atoms with Crippen LogP contribution in [0.15, 0.2) is 22.7 Å². The van der Waals surface area contributed by atoms with Crippen molar-refractivity contribution in [2.45, 2.75) is 51.7 Å². The van der Waals surface area contributed by atoms with Crippen LogP contribution in [0, 0.1) is 11.2 Å². The van der Waals surface area contributed by atoms with Gasteiger partial charge in [-0.25, -0.2) is 4.39 Å². The normalized spacial score (nSPS) is 20.9. The number of rotatable bonds is 4. The van der Waals surface area contributed by atoms with E-state index in [-0.39, 0.29) is 5.82 Å². The number of hydrogen-bond donors (Lipinski definition) is 2. The molecule has 1 aromatic rings. The summed E-state index contributed by atoms with van der Waals surface area (Å²) in [6.45, 7) is 5.47. The Hall–Kier alpha value is -0.450. The quantitative estimate of drug-likeness (QED) is 0.865. The summed E-state index contributed by atoms with van der Waals surface area (Å²) in [4.78, 5) is 0. The van der Waals surface area contributed by atoms with Gasteiger partial charge in [0.2, 0.25) is 0 Å². The number of hydrogen-bond acceptors (Lipinski definition) is 2. The molecule has 2 nitrogen and oxygen atoms in total. The number of aliphatic hydroxyl groups is 1. The first kappa shape index (κ1) is 15.9. The second-order valence-electron chi connectivity index (χ2n) is 6.73. The van der Waals surface area contributed by atoms with Gasteiger partial charge in [-0.05, 0) is 43.2 Å². The molecular formula is C16H23BrFNO. The lowest BCUT2D eigenvalue weighted by atomic mass is 9.71. The second kappa shape index (κ2) is 6.12. The molecule has 0 bridgehead atoms. The summed E-state index contributed by atoms with van der Waals surface area (Å²) in [7, 11) is 0. The molecule has 112 valence electrons. The Kier molecular flexibility index (Phi) is 4.88. The summed E-state index contributed by atoms with van der Waals surface area (Å²) in [5.74, 6) is -0.219. The van der Waals surface area contributed by atoms with Gasteiger partial charge in [-0.15, -0.1) is 0 Å². The predicted molar refractivity (Wildman–Crippen MR) is 83.0 cm³/mol. The van der Waals surface area contributed by atoms with Gasteiger partial charge in [0.25, 0.3) is 0 Å². The van der Waals surface area contributed by atoms with Crippen LogP contribution >= 0.6 is 15.9 Å². The molecule has 0 aromatic heterocycles. The minimum atomic E-state index is -0.638. The predicted octanol–water partition coefficient (Wildman–Crippen LogP) is 4.01. The molecule has 1 aliphatic rings. The fourth-order valence-electron chi connectivity index (χ4n) is 2.66.